The van der Waals surface area contributed by atoms with Gasteiger partial charge in [0.15, 0.2) is 0 Å². The van der Waals surface area contributed by atoms with Crippen LogP contribution in [0.1, 0.15) is 11.1 Å². The van der Waals surface area contributed by atoms with E-state index in [1.807, 2.05) is 12.1 Å². The minimum Gasteiger partial charge on any atom is -0.489 e. The van der Waals surface area contributed by atoms with Crippen molar-refractivity contribution < 1.29 is 13.5 Å². The summed E-state index contributed by atoms with van der Waals surface area (Å²) in [6, 6.07) is 10.7. The molecule has 0 unspecified atom stereocenters. The van der Waals surface area contributed by atoms with Crippen LogP contribution in [0, 0.1) is 11.6 Å². The molecule has 0 aromatic heterocycles. The Labute approximate surface area is 113 Å². The van der Waals surface area contributed by atoms with E-state index < -0.39 is 11.6 Å². The molecule has 2 aromatic carbocycles. The monoisotopic (exact) mass is 312 g/mol. The van der Waals surface area contributed by atoms with Gasteiger partial charge in [0, 0.05) is 10.9 Å². The molecule has 0 bridgehead atoms. The summed E-state index contributed by atoms with van der Waals surface area (Å²) in [5.41, 5.74) is 1.33. The second-order valence-electron chi connectivity index (χ2n) is 3.80. The number of alkyl halides is 1. The topological polar surface area (TPSA) is 9.23 Å². The van der Waals surface area contributed by atoms with Crippen LogP contribution in [-0.4, -0.2) is 0 Å². The minimum atomic E-state index is -0.468. The van der Waals surface area contributed by atoms with Crippen molar-refractivity contribution >= 4 is 15.9 Å². The van der Waals surface area contributed by atoms with E-state index in [2.05, 4.69) is 15.9 Å². The summed E-state index contributed by atoms with van der Waals surface area (Å²) in [4.78, 5) is 0. The van der Waals surface area contributed by atoms with Gasteiger partial charge in [0.2, 0.25) is 0 Å². The van der Waals surface area contributed by atoms with E-state index in [0.29, 0.717) is 5.75 Å². The Hall–Kier alpha value is -1.42. The third kappa shape index (κ3) is 3.29. The molecule has 0 spiro atoms. The van der Waals surface area contributed by atoms with Crippen LogP contribution in [0.4, 0.5) is 8.78 Å². The SMILES string of the molecule is Fc1ccc(F)c(COc2ccc(CBr)cc2)c1. The van der Waals surface area contributed by atoms with Gasteiger partial charge in [-0.3, -0.25) is 0 Å². The fraction of sp³-hybridized carbons (Fsp3) is 0.143. The van der Waals surface area contributed by atoms with Crippen LogP contribution in [0.5, 0.6) is 5.75 Å². The van der Waals surface area contributed by atoms with Gasteiger partial charge in [-0.15, -0.1) is 0 Å². The summed E-state index contributed by atoms with van der Waals surface area (Å²) < 4.78 is 31.7. The molecule has 0 fully saturated rings. The Balaban J connectivity index is 2.04. The van der Waals surface area contributed by atoms with Gasteiger partial charge in [-0.05, 0) is 35.9 Å². The maximum Gasteiger partial charge on any atom is 0.130 e. The van der Waals surface area contributed by atoms with E-state index in [1.54, 1.807) is 12.1 Å². The standard InChI is InChI=1S/C14H11BrF2O/c15-8-10-1-4-13(5-2-10)18-9-11-7-12(16)3-6-14(11)17/h1-7H,8-9H2. The van der Waals surface area contributed by atoms with Crippen molar-refractivity contribution in [2.45, 2.75) is 11.9 Å². The van der Waals surface area contributed by atoms with Crippen LogP contribution in [0.2, 0.25) is 0 Å². The highest BCUT2D eigenvalue weighted by molar-refractivity contribution is 9.08. The maximum atomic E-state index is 13.3. The third-order valence-corrected chi connectivity index (χ3v) is 3.13. The maximum absolute atomic E-state index is 13.3. The van der Waals surface area contributed by atoms with Crippen molar-refractivity contribution in [3.63, 3.8) is 0 Å². The van der Waals surface area contributed by atoms with E-state index in [-0.39, 0.29) is 12.2 Å². The molecule has 0 atom stereocenters. The fourth-order valence-corrected chi connectivity index (χ4v) is 1.86. The number of rotatable bonds is 4. The summed E-state index contributed by atoms with van der Waals surface area (Å²) in [5.74, 6) is -0.304. The van der Waals surface area contributed by atoms with Crippen molar-refractivity contribution in [2.24, 2.45) is 0 Å². The predicted molar refractivity (Wildman–Crippen MR) is 69.8 cm³/mol. The quantitative estimate of drug-likeness (QED) is 0.758. The molecular formula is C14H11BrF2O. The van der Waals surface area contributed by atoms with Crippen molar-refractivity contribution in [1.82, 2.24) is 0 Å². The number of benzene rings is 2. The zero-order valence-corrected chi connectivity index (χ0v) is 11.1. The Morgan fingerprint density at radius 2 is 1.72 bits per heavy atom. The number of hydrogen-bond donors (Lipinski definition) is 0. The molecule has 2 rings (SSSR count). The van der Waals surface area contributed by atoms with Gasteiger partial charge in [-0.25, -0.2) is 8.78 Å². The summed E-state index contributed by atoms with van der Waals surface area (Å²) in [5, 5.41) is 0.770. The lowest BCUT2D eigenvalue weighted by Crippen LogP contribution is -1.99. The first-order valence-electron chi connectivity index (χ1n) is 5.40. The van der Waals surface area contributed by atoms with E-state index in [1.165, 1.54) is 0 Å². The van der Waals surface area contributed by atoms with E-state index in [0.717, 1.165) is 29.1 Å². The first kappa shape index (κ1) is 13.0. The van der Waals surface area contributed by atoms with Crippen LogP contribution < -0.4 is 4.74 Å². The van der Waals surface area contributed by atoms with Crippen LogP contribution in [0.3, 0.4) is 0 Å². The van der Waals surface area contributed by atoms with Crippen molar-refractivity contribution in [3.05, 3.63) is 65.2 Å². The Bertz CT molecular complexity index is 526. The highest BCUT2D eigenvalue weighted by atomic mass is 79.9. The lowest BCUT2D eigenvalue weighted by atomic mass is 10.2. The second kappa shape index (κ2) is 5.96. The van der Waals surface area contributed by atoms with E-state index in [4.69, 9.17) is 4.74 Å². The van der Waals surface area contributed by atoms with Gasteiger partial charge in [0.05, 0.1) is 0 Å². The highest BCUT2D eigenvalue weighted by Crippen LogP contribution is 2.17. The molecule has 2 aromatic rings. The highest BCUT2D eigenvalue weighted by Gasteiger charge is 2.04. The molecule has 0 amide bonds. The Kier molecular flexibility index (Phi) is 4.31. The molecule has 0 radical (unpaired) electrons. The molecule has 4 heteroatoms. The van der Waals surface area contributed by atoms with Crippen LogP contribution in [-0.2, 0) is 11.9 Å². The molecule has 18 heavy (non-hydrogen) atoms. The second-order valence-corrected chi connectivity index (χ2v) is 4.36. The average molecular weight is 313 g/mol. The smallest absolute Gasteiger partial charge is 0.130 e. The van der Waals surface area contributed by atoms with Crippen LogP contribution in [0.15, 0.2) is 42.5 Å². The molecule has 0 aliphatic carbocycles. The molecule has 0 N–H and O–H groups in total. The Morgan fingerprint density at radius 1 is 1.00 bits per heavy atom. The van der Waals surface area contributed by atoms with Crippen LogP contribution >= 0.6 is 15.9 Å². The first-order chi connectivity index (χ1) is 8.69. The fourth-order valence-electron chi connectivity index (χ4n) is 1.49. The predicted octanol–water partition coefficient (Wildman–Crippen LogP) is 4.44. The van der Waals surface area contributed by atoms with E-state index >= 15 is 0 Å². The molecule has 1 nitrogen and oxygen atoms in total. The molecule has 94 valence electrons. The van der Waals surface area contributed by atoms with Crippen LogP contribution in [0.25, 0.3) is 0 Å². The lowest BCUT2D eigenvalue weighted by molar-refractivity contribution is 0.299. The number of halogens is 3. The van der Waals surface area contributed by atoms with Crippen molar-refractivity contribution in [1.29, 1.82) is 0 Å². The molecule has 0 aliphatic heterocycles. The third-order valence-electron chi connectivity index (χ3n) is 2.48. The summed E-state index contributed by atoms with van der Waals surface area (Å²) in [6.07, 6.45) is 0. The van der Waals surface area contributed by atoms with Crippen molar-refractivity contribution in [3.8, 4) is 5.75 Å². The number of ether oxygens (including phenoxy) is 1. The lowest BCUT2D eigenvalue weighted by Gasteiger charge is -2.07. The number of hydrogen-bond acceptors (Lipinski definition) is 1. The molecule has 0 aliphatic rings. The summed E-state index contributed by atoms with van der Waals surface area (Å²) in [6.45, 7) is 0.0112. The summed E-state index contributed by atoms with van der Waals surface area (Å²) >= 11 is 3.34. The largest absolute Gasteiger partial charge is 0.489 e. The molecular weight excluding hydrogens is 302 g/mol. The van der Waals surface area contributed by atoms with Gasteiger partial charge in [0.25, 0.3) is 0 Å². The Morgan fingerprint density at radius 3 is 2.39 bits per heavy atom. The molecule has 0 saturated heterocycles. The van der Waals surface area contributed by atoms with Gasteiger partial charge < -0.3 is 4.74 Å². The van der Waals surface area contributed by atoms with Gasteiger partial charge >= 0.3 is 0 Å². The zero-order chi connectivity index (χ0) is 13.0. The molecule has 0 saturated carbocycles. The summed E-state index contributed by atoms with van der Waals surface area (Å²) in [7, 11) is 0. The normalized spacial score (nSPS) is 10.4. The minimum absolute atomic E-state index is 0.0112. The molecule has 0 heterocycles. The van der Waals surface area contributed by atoms with Gasteiger partial charge in [-0.1, -0.05) is 28.1 Å². The van der Waals surface area contributed by atoms with E-state index in [9.17, 15) is 8.78 Å². The average Bonchev–Trinajstić information content (AvgIpc) is 2.40. The first-order valence-corrected chi connectivity index (χ1v) is 6.53. The van der Waals surface area contributed by atoms with Crippen molar-refractivity contribution in [2.75, 3.05) is 0 Å². The van der Waals surface area contributed by atoms with Gasteiger partial charge in [-0.2, -0.15) is 0 Å². The van der Waals surface area contributed by atoms with Gasteiger partial charge in [0.1, 0.15) is 24.0 Å². The zero-order valence-electron chi connectivity index (χ0n) is 9.50.